The van der Waals surface area contributed by atoms with Crippen molar-refractivity contribution in [2.24, 2.45) is 28.1 Å². The van der Waals surface area contributed by atoms with Crippen molar-refractivity contribution in [1.82, 2.24) is 0 Å². The highest BCUT2D eigenvalue weighted by Gasteiger charge is 2.81. The lowest BCUT2D eigenvalue weighted by Crippen LogP contribution is -2.67. The van der Waals surface area contributed by atoms with Gasteiger partial charge in [0, 0.05) is 22.7 Å². The molecular formula is C20H28O4. The van der Waals surface area contributed by atoms with Crippen LogP contribution >= 0.6 is 0 Å². The third kappa shape index (κ3) is 1.23. The Hall–Kier alpha value is -0.900. The van der Waals surface area contributed by atoms with Crippen LogP contribution in [0.2, 0.25) is 0 Å². The fraction of sp³-hybridized carbons (Fsp3) is 0.900. The average Bonchev–Trinajstić information content (AvgIpc) is 2.77. The second-order valence-electron chi connectivity index (χ2n) is 9.92. The molecular weight excluding hydrogens is 304 g/mol. The Morgan fingerprint density at radius 2 is 1.83 bits per heavy atom. The molecule has 132 valence electrons. The Kier molecular flexibility index (Phi) is 2.51. The van der Waals surface area contributed by atoms with E-state index in [0.29, 0.717) is 12.8 Å². The number of aliphatic hydroxyl groups is 1. The first-order valence-corrected chi connectivity index (χ1v) is 9.66. The molecule has 4 nitrogen and oxygen atoms in total. The number of carbonyl (C=O) groups is 2. The Morgan fingerprint density at radius 3 is 2.58 bits per heavy atom. The second-order valence-corrected chi connectivity index (χ2v) is 9.92. The van der Waals surface area contributed by atoms with Crippen LogP contribution in [0.15, 0.2) is 0 Å². The van der Waals surface area contributed by atoms with Crippen molar-refractivity contribution in [2.75, 3.05) is 0 Å². The number of Topliss-reactive ketones (excluding diaryl/α,β-unsaturated/α-hetero) is 1. The van der Waals surface area contributed by atoms with Gasteiger partial charge in [-0.15, -0.1) is 0 Å². The molecule has 1 N–H and O–H groups in total. The molecule has 4 bridgehead atoms. The first-order chi connectivity index (χ1) is 11.2. The quantitative estimate of drug-likeness (QED) is 0.693. The van der Waals surface area contributed by atoms with Crippen molar-refractivity contribution in [3.63, 3.8) is 0 Å². The minimum absolute atomic E-state index is 0.0393. The van der Waals surface area contributed by atoms with Gasteiger partial charge in [-0.2, -0.15) is 0 Å². The third-order valence-corrected chi connectivity index (χ3v) is 9.50. The molecule has 5 aliphatic rings. The van der Waals surface area contributed by atoms with Crippen LogP contribution in [0.3, 0.4) is 0 Å². The van der Waals surface area contributed by atoms with Crippen molar-refractivity contribution in [2.45, 2.75) is 83.3 Å². The number of hydrogen-bond acceptors (Lipinski definition) is 4. The minimum Gasteiger partial charge on any atom is -0.458 e. The standard InChI is InChI=1S/C20H28O4/c1-12-14(21)18-8-5-13-16(2)6-4-7-20(13,24-15(16)22)17(18,3)9-10-19(12,23)11-18/h12-13,23H,4-11H2,1-3H3/t12-,13+,16+,17-,18-,19+,20-/m0/s1. The van der Waals surface area contributed by atoms with Crippen LogP contribution in [0, 0.1) is 28.1 Å². The summed E-state index contributed by atoms with van der Waals surface area (Å²) in [5, 5.41) is 11.0. The van der Waals surface area contributed by atoms with Crippen molar-refractivity contribution >= 4 is 11.8 Å². The van der Waals surface area contributed by atoms with Gasteiger partial charge >= 0.3 is 5.97 Å². The monoisotopic (exact) mass is 332 g/mol. The highest BCUT2D eigenvalue weighted by molar-refractivity contribution is 5.93. The number of fused-ring (bicyclic) bond motifs is 1. The van der Waals surface area contributed by atoms with E-state index in [4.69, 9.17) is 4.74 Å². The summed E-state index contributed by atoms with van der Waals surface area (Å²) in [4.78, 5) is 26.2. The van der Waals surface area contributed by atoms with E-state index in [1.165, 1.54) is 0 Å². The zero-order chi connectivity index (χ0) is 17.2. The van der Waals surface area contributed by atoms with E-state index < -0.39 is 16.6 Å². The first kappa shape index (κ1) is 15.4. The molecule has 7 atom stereocenters. The molecule has 4 heteroatoms. The van der Waals surface area contributed by atoms with E-state index in [2.05, 4.69) is 13.8 Å². The topological polar surface area (TPSA) is 63.6 Å². The van der Waals surface area contributed by atoms with Crippen molar-refractivity contribution in [1.29, 1.82) is 0 Å². The molecule has 1 spiro atoms. The first-order valence-electron chi connectivity index (χ1n) is 9.66. The maximum Gasteiger partial charge on any atom is 0.312 e. The zero-order valence-electron chi connectivity index (χ0n) is 15.0. The zero-order valence-corrected chi connectivity index (χ0v) is 15.0. The maximum atomic E-state index is 13.4. The van der Waals surface area contributed by atoms with Gasteiger partial charge in [-0.1, -0.05) is 13.8 Å². The molecule has 0 aromatic rings. The summed E-state index contributed by atoms with van der Waals surface area (Å²) in [5.74, 6) is 0.131. The van der Waals surface area contributed by atoms with Gasteiger partial charge in [0.2, 0.25) is 0 Å². The average molecular weight is 332 g/mol. The molecule has 0 unspecified atom stereocenters. The fourth-order valence-electron chi connectivity index (χ4n) is 7.95. The van der Waals surface area contributed by atoms with Crippen LogP contribution in [-0.4, -0.2) is 28.1 Å². The van der Waals surface area contributed by atoms with Gasteiger partial charge in [-0.3, -0.25) is 9.59 Å². The van der Waals surface area contributed by atoms with Crippen molar-refractivity contribution < 1.29 is 19.4 Å². The summed E-state index contributed by atoms with van der Waals surface area (Å²) >= 11 is 0. The lowest BCUT2D eigenvalue weighted by atomic mass is 9.39. The Morgan fingerprint density at radius 1 is 1.08 bits per heavy atom. The van der Waals surface area contributed by atoms with E-state index in [1.807, 2.05) is 6.92 Å². The van der Waals surface area contributed by atoms with E-state index in [-0.39, 0.29) is 34.4 Å². The summed E-state index contributed by atoms with van der Waals surface area (Å²) < 4.78 is 6.24. The fourth-order valence-corrected chi connectivity index (χ4v) is 7.95. The van der Waals surface area contributed by atoms with Crippen LogP contribution in [0.25, 0.3) is 0 Å². The van der Waals surface area contributed by atoms with Crippen LogP contribution in [0.4, 0.5) is 0 Å². The Balaban J connectivity index is 1.72. The van der Waals surface area contributed by atoms with Crippen LogP contribution in [0.5, 0.6) is 0 Å². The lowest BCUT2D eigenvalue weighted by molar-refractivity contribution is -0.231. The molecule has 0 aromatic carbocycles. The van der Waals surface area contributed by atoms with Crippen molar-refractivity contribution in [3.05, 3.63) is 0 Å². The second kappa shape index (κ2) is 3.92. The number of ketones is 1. The lowest BCUT2D eigenvalue weighted by Gasteiger charge is -2.64. The molecule has 0 radical (unpaired) electrons. The molecule has 4 aliphatic carbocycles. The minimum atomic E-state index is -0.847. The van der Waals surface area contributed by atoms with E-state index in [9.17, 15) is 14.7 Å². The van der Waals surface area contributed by atoms with Crippen LogP contribution < -0.4 is 0 Å². The normalized spacial score (nSPS) is 61.3. The summed E-state index contributed by atoms with van der Waals surface area (Å²) in [6.07, 6.45) is 6.50. The number of hydrogen-bond donors (Lipinski definition) is 1. The number of rotatable bonds is 0. The van der Waals surface area contributed by atoms with E-state index >= 15 is 0 Å². The molecule has 1 heterocycles. The molecule has 1 aliphatic heterocycles. The predicted octanol–water partition coefficient (Wildman–Crippen LogP) is 3.01. The van der Waals surface area contributed by atoms with Gasteiger partial charge in [0.25, 0.3) is 0 Å². The molecule has 1 saturated heterocycles. The smallest absolute Gasteiger partial charge is 0.312 e. The highest BCUT2D eigenvalue weighted by atomic mass is 16.6. The van der Waals surface area contributed by atoms with Gasteiger partial charge in [-0.05, 0) is 58.3 Å². The molecule has 24 heavy (non-hydrogen) atoms. The number of ether oxygens (including phenoxy) is 1. The van der Waals surface area contributed by atoms with Crippen molar-refractivity contribution in [3.8, 4) is 0 Å². The van der Waals surface area contributed by atoms with Gasteiger partial charge in [0.15, 0.2) is 0 Å². The molecule has 5 fully saturated rings. The third-order valence-electron chi connectivity index (χ3n) is 9.50. The molecule has 0 aromatic heterocycles. The van der Waals surface area contributed by atoms with E-state index in [1.54, 1.807) is 0 Å². The summed E-state index contributed by atoms with van der Waals surface area (Å²) in [7, 11) is 0. The molecule has 4 saturated carbocycles. The van der Waals surface area contributed by atoms with Gasteiger partial charge < -0.3 is 9.84 Å². The van der Waals surface area contributed by atoms with Gasteiger partial charge in [-0.25, -0.2) is 0 Å². The summed E-state index contributed by atoms with van der Waals surface area (Å²) in [5.41, 5.74) is -2.54. The summed E-state index contributed by atoms with van der Waals surface area (Å²) in [6.45, 7) is 6.19. The van der Waals surface area contributed by atoms with Crippen LogP contribution in [-0.2, 0) is 14.3 Å². The number of esters is 1. The van der Waals surface area contributed by atoms with Gasteiger partial charge in [0.05, 0.1) is 11.0 Å². The van der Waals surface area contributed by atoms with Gasteiger partial charge in [0.1, 0.15) is 11.4 Å². The number of carbonyl (C=O) groups excluding carboxylic acids is 2. The van der Waals surface area contributed by atoms with E-state index in [0.717, 1.165) is 38.5 Å². The van der Waals surface area contributed by atoms with Crippen LogP contribution in [0.1, 0.15) is 72.1 Å². The molecule has 5 rings (SSSR count). The largest absolute Gasteiger partial charge is 0.458 e. The maximum absolute atomic E-state index is 13.4. The SMILES string of the molecule is C[C@H]1C(=O)[C@@]23CC[C@@H]4[C@@]5(C)CCC[C@@]4(OC5=O)[C@@]2(C)CC[C@@]1(O)C3. The Bertz CT molecular complexity index is 673. The highest BCUT2D eigenvalue weighted by Crippen LogP contribution is 2.77. The molecule has 0 amide bonds. The summed E-state index contributed by atoms with van der Waals surface area (Å²) in [6, 6.07) is 0. The Labute approximate surface area is 143 Å². The predicted molar refractivity (Wildman–Crippen MR) is 87.0 cm³/mol.